The number of hydrogen-bond acceptors (Lipinski definition) is 4. The van der Waals surface area contributed by atoms with Crippen molar-refractivity contribution in [1.29, 1.82) is 0 Å². The number of nitrogens with zero attached hydrogens (tertiary/aromatic N) is 4. The van der Waals surface area contributed by atoms with E-state index in [0.29, 0.717) is 31.4 Å². The van der Waals surface area contributed by atoms with Gasteiger partial charge in [0.05, 0.1) is 11.7 Å². The van der Waals surface area contributed by atoms with Crippen LogP contribution in [0.5, 0.6) is 0 Å². The van der Waals surface area contributed by atoms with Gasteiger partial charge in [-0.1, -0.05) is 18.2 Å². The molecular formula is C21H25N5O3. The lowest BCUT2D eigenvalue weighted by atomic mass is 10.2. The van der Waals surface area contributed by atoms with Gasteiger partial charge in [-0.15, -0.1) is 0 Å². The Morgan fingerprint density at radius 1 is 1.24 bits per heavy atom. The van der Waals surface area contributed by atoms with E-state index in [1.807, 2.05) is 29.2 Å². The van der Waals surface area contributed by atoms with Crippen LogP contribution < -0.4 is 10.9 Å². The van der Waals surface area contributed by atoms with Crippen LogP contribution in [0.25, 0.3) is 21.8 Å². The van der Waals surface area contributed by atoms with Crippen LogP contribution in [0.3, 0.4) is 0 Å². The molecule has 1 aliphatic heterocycles. The van der Waals surface area contributed by atoms with Gasteiger partial charge in [0.25, 0.3) is 5.56 Å². The first-order valence-electron chi connectivity index (χ1n) is 9.99. The summed E-state index contributed by atoms with van der Waals surface area (Å²) in [6.45, 7) is 3.76. The van der Waals surface area contributed by atoms with E-state index in [4.69, 9.17) is 0 Å². The maximum atomic E-state index is 12.8. The maximum Gasteiger partial charge on any atom is 0.291 e. The number of benzene rings is 1. The molecule has 1 aromatic carbocycles. The quantitative estimate of drug-likeness (QED) is 0.642. The van der Waals surface area contributed by atoms with Gasteiger partial charge in [-0.25, -0.2) is 4.68 Å². The van der Waals surface area contributed by atoms with Gasteiger partial charge >= 0.3 is 0 Å². The number of para-hydroxylation sites is 1. The molecule has 0 aliphatic carbocycles. The molecule has 1 saturated heterocycles. The standard InChI is InChI=1S/C21H25N5O3/c1-14(20(28)22-10-6-12-25-11-5-9-18(25)27)26-17-8-4-3-7-15(17)16-13-23-24(2)21(29)19(16)26/h3-4,7-8,13-14H,5-6,9-12H2,1-2H3,(H,22,28)/t14-/m1/s1. The number of aryl methyl sites for hydroxylation is 1. The highest BCUT2D eigenvalue weighted by molar-refractivity contribution is 6.08. The molecule has 8 heteroatoms. The number of carbonyl (C=O) groups excluding carboxylic acids is 2. The molecule has 0 radical (unpaired) electrons. The van der Waals surface area contributed by atoms with Crippen LogP contribution in [0.2, 0.25) is 0 Å². The molecule has 0 unspecified atom stereocenters. The number of likely N-dealkylation sites (tertiary alicyclic amines) is 1. The number of nitrogens with one attached hydrogen (secondary N) is 1. The first-order valence-corrected chi connectivity index (χ1v) is 9.99. The van der Waals surface area contributed by atoms with Gasteiger partial charge in [0.1, 0.15) is 11.6 Å². The normalized spacial score (nSPS) is 15.4. The van der Waals surface area contributed by atoms with E-state index in [2.05, 4.69) is 10.4 Å². The highest BCUT2D eigenvalue weighted by Gasteiger charge is 2.23. The van der Waals surface area contributed by atoms with Gasteiger partial charge in [0, 0.05) is 43.9 Å². The first-order chi connectivity index (χ1) is 14.0. The summed E-state index contributed by atoms with van der Waals surface area (Å²) in [6.07, 6.45) is 3.93. The van der Waals surface area contributed by atoms with Crippen LogP contribution in [0.4, 0.5) is 0 Å². The van der Waals surface area contributed by atoms with E-state index in [1.54, 1.807) is 24.7 Å². The van der Waals surface area contributed by atoms with Crippen molar-refractivity contribution in [2.45, 2.75) is 32.2 Å². The molecule has 1 N–H and O–H groups in total. The van der Waals surface area contributed by atoms with Crippen LogP contribution in [0.15, 0.2) is 35.3 Å². The van der Waals surface area contributed by atoms with Gasteiger partial charge in [-0.05, 0) is 25.8 Å². The average Bonchev–Trinajstić information content (AvgIpc) is 3.28. The van der Waals surface area contributed by atoms with Crippen molar-refractivity contribution in [2.24, 2.45) is 7.05 Å². The fraction of sp³-hybridized carbons (Fsp3) is 0.429. The molecule has 3 heterocycles. The zero-order chi connectivity index (χ0) is 20.5. The maximum absolute atomic E-state index is 12.8. The number of carbonyl (C=O) groups is 2. The first kappa shape index (κ1) is 19.2. The second kappa shape index (κ2) is 7.69. The van der Waals surface area contributed by atoms with Crippen molar-refractivity contribution in [2.75, 3.05) is 19.6 Å². The SMILES string of the molecule is C[C@H](C(=O)NCCCN1CCCC1=O)n1c2ccccc2c2cnn(C)c(=O)c21. The van der Waals surface area contributed by atoms with E-state index in [9.17, 15) is 14.4 Å². The third-order valence-electron chi connectivity index (χ3n) is 5.65. The second-order valence-electron chi connectivity index (χ2n) is 7.53. The number of hydrogen-bond donors (Lipinski definition) is 1. The molecule has 0 saturated carbocycles. The Hall–Kier alpha value is -3.16. The van der Waals surface area contributed by atoms with Crippen molar-refractivity contribution in [3.63, 3.8) is 0 Å². The van der Waals surface area contributed by atoms with E-state index >= 15 is 0 Å². The van der Waals surface area contributed by atoms with Crippen LogP contribution in [-0.2, 0) is 16.6 Å². The summed E-state index contributed by atoms with van der Waals surface area (Å²) in [5, 5.41) is 8.74. The zero-order valence-electron chi connectivity index (χ0n) is 16.7. The summed E-state index contributed by atoms with van der Waals surface area (Å²) in [5.74, 6) is 0.0405. The average molecular weight is 395 g/mol. The molecule has 1 fully saturated rings. The Labute approximate surface area is 168 Å². The topological polar surface area (TPSA) is 89.2 Å². The fourth-order valence-corrected chi connectivity index (χ4v) is 4.08. The lowest BCUT2D eigenvalue weighted by molar-refractivity contribution is -0.127. The molecule has 29 heavy (non-hydrogen) atoms. The van der Waals surface area contributed by atoms with Crippen LogP contribution in [-0.4, -0.2) is 50.7 Å². The second-order valence-corrected chi connectivity index (χ2v) is 7.53. The van der Waals surface area contributed by atoms with Crippen LogP contribution in [0.1, 0.15) is 32.2 Å². The van der Waals surface area contributed by atoms with E-state index < -0.39 is 6.04 Å². The predicted molar refractivity (Wildman–Crippen MR) is 111 cm³/mol. The van der Waals surface area contributed by atoms with Crippen molar-refractivity contribution in [1.82, 2.24) is 24.6 Å². The summed E-state index contributed by atoms with van der Waals surface area (Å²) in [5.41, 5.74) is 1.08. The lowest BCUT2D eigenvalue weighted by Crippen LogP contribution is -2.35. The zero-order valence-corrected chi connectivity index (χ0v) is 16.7. The summed E-state index contributed by atoms with van der Waals surface area (Å²) >= 11 is 0. The minimum atomic E-state index is -0.555. The fourth-order valence-electron chi connectivity index (χ4n) is 4.08. The Kier molecular flexibility index (Phi) is 5.08. The third kappa shape index (κ3) is 3.39. The molecule has 1 aliphatic rings. The molecule has 0 spiro atoms. The molecule has 8 nitrogen and oxygen atoms in total. The van der Waals surface area contributed by atoms with E-state index in [1.165, 1.54) is 4.68 Å². The molecular weight excluding hydrogens is 370 g/mol. The third-order valence-corrected chi connectivity index (χ3v) is 5.65. The van der Waals surface area contributed by atoms with Crippen molar-refractivity contribution >= 4 is 33.6 Å². The smallest absolute Gasteiger partial charge is 0.291 e. The summed E-state index contributed by atoms with van der Waals surface area (Å²) in [7, 11) is 1.61. The minimum Gasteiger partial charge on any atom is -0.354 e. The Bertz CT molecular complexity index is 1150. The molecule has 0 bridgehead atoms. The number of amides is 2. The van der Waals surface area contributed by atoms with Crippen LogP contribution >= 0.6 is 0 Å². The molecule has 1 atom stereocenters. The molecule has 3 aromatic rings. The van der Waals surface area contributed by atoms with Gasteiger partial charge in [0.15, 0.2) is 0 Å². The van der Waals surface area contributed by atoms with Crippen LogP contribution in [0, 0.1) is 0 Å². The monoisotopic (exact) mass is 395 g/mol. The predicted octanol–water partition coefficient (Wildman–Crippen LogP) is 1.58. The van der Waals surface area contributed by atoms with Gasteiger partial charge in [-0.3, -0.25) is 14.4 Å². The Morgan fingerprint density at radius 2 is 2.03 bits per heavy atom. The van der Waals surface area contributed by atoms with Crippen molar-refractivity contribution < 1.29 is 9.59 Å². The summed E-state index contributed by atoms with van der Waals surface area (Å²) in [4.78, 5) is 39.2. The van der Waals surface area contributed by atoms with Crippen molar-refractivity contribution in [3.8, 4) is 0 Å². The lowest BCUT2D eigenvalue weighted by Gasteiger charge is -2.18. The van der Waals surface area contributed by atoms with Gasteiger partial charge in [0.2, 0.25) is 11.8 Å². The Morgan fingerprint density at radius 3 is 2.79 bits per heavy atom. The molecule has 4 rings (SSSR count). The number of aromatic nitrogens is 3. The van der Waals surface area contributed by atoms with E-state index in [-0.39, 0.29) is 17.4 Å². The number of fused-ring (bicyclic) bond motifs is 3. The van der Waals surface area contributed by atoms with Crippen molar-refractivity contribution in [3.05, 3.63) is 40.8 Å². The highest BCUT2D eigenvalue weighted by atomic mass is 16.2. The number of rotatable bonds is 6. The largest absolute Gasteiger partial charge is 0.354 e. The minimum absolute atomic E-state index is 0.153. The van der Waals surface area contributed by atoms with Gasteiger partial charge in [-0.2, -0.15) is 5.10 Å². The Balaban J connectivity index is 1.56. The van der Waals surface area contributed by atoms with E-state index in [0.717, 1.165) is 29.3 Å². The summed E-state index contributed by atoms with van der Waals surface area (Å²) in [6, 6.07) is 7.10. The molecule has 2 aromatic heterocycles. The molecule has 2 amide bonds. The highest BCUT2D eigenvalue weighted by Crippen LogP contribution is 2.29. The summed E-state index contributed by atoms with van der Waals surface area (Å²) < 4.78 is 3.09. The molecule has 152 valence electrons. The van der Waals surface area contributed by atoms with Gasteiger partial charge < -0.3 is 14.8 Å².